The summed E-state index contributed by atoms with van der Waals surface area (Å²) in [6.45, 7) is 1.81. The molecule has 0 bridgehead atoms. The Hall–Kier alpha value is -3.04. The summed E-state index contributed by atoms with van der Waals surface area (Å²) in [5.74, 6) is -0.902. The summed E-state index contributed by atoms with van der Waals surface area (Å²) in [5.41, 5.74) is 7.17. The van der Waals surface area contributed by atoms with Crippen LogP contribution in [0.4, 0.5) is 4.39 Å². The maximum absolute atomic E-state index is 13.8. The van der Waals surface area contributed by atoms with Crippen LogP contribution in [-0.4, -0.2) is 32.2 Å². The molecule has 0 saturated heterocycles. The second-order valence-electron chi connectivity index (χ2n) is 6.09. The van der Waals surface area contributed by atoms with Crippen molar-refractivity contribution < 1.29 is 23.6 Å². The number of nitrogens with two attached hydrogens (primary N) is 1. The Balaban J connectivity index is 1.75. The van der Waals surface area contributed by atoms with E-state index in [0.29, 0.717) is 17.1 Å². The number of hydrogen-bond donors (Lipinski definition) is 2. The number of rotatable bonds is 7. The first-order chi connectivity index (χ1) is 13.3. The molecule has 2 heterocycles. The third kappa shape index (κ3) is 4.81. The van der Waals surface area contributed by atoms with Gasteiger partial charge in [-0.3, -0.25) is 4.79 Å². The average molecular weight is 407 g/mol. The summed E-state index contributed by atoms with van der Waals surface area (Å²) < 4.78 is 24.4. The number of benzene rings is 1. The van der Waals surface area contributed by atoms with Crippen molar-refractivity contribution >= 4 is 17.6 Å². The van der Waals surface area contributed by atoms with Gasteiger partial charge >= 0.3 is 5.97 Å². The lowest BCUT2D eigenvalue weighted by Gasteiger charge is -2.08. The van der Waals surface area contributed by atoms with Crippen molar-refractivity contribution in [1.29, 1.82) is 0 Å². The zero-order valence-electron chi connectivity index (χ0n) is 14.7. The molecule has 3 N–H and O–H groups in total. The maximum Gasteiger partial charge on any atom is 0.304 e. The molecule has 1 atom stereocenters. The van der Waals surface area contributed by atoms with Gasteiger partial charge in [0, 0.05) is 24.2 Å². The standard InChI is InChI=1S/C18H16ClFN4O4/c1-9-4-12(27-18-14(20)5-10(19)8-22-18)2-3-13(9)17-23-15(28-24-17)6-11(21)7-16(25)26/h2-5,8,11H,6-7,21H2,1H3,(H,25,26). The molecule has 0 radical (unpaired) electrons. The van der Waals surface area contributed by atoms with Gasteiger partial charge in [0.25, 0.3) is 5.88 Å². The number of nitrogens with zero attached hydrogens (tertiary/aromatic N) is 3. The van der Waals surface area contributed by atoms with E-state index in [1.807, 2.05) is 0 Å². The topological polar surface area (TPSA) is 124 Å². The highest BCUT2D eigenvalue weighted by Gasteiger charge is 2.16. The van der Waals surface area contributed by atoms with Crippen LogP contribution >= 0.6 is 11.6 Å². The zero-order valence-corrected chi connectivity index (χ0v) is 15.5. The van der Waals surface area contributed by atoms with Gasteiger partial charge in [-0.1, -0.05) is 16.8 Å². The molecular weight excluding hydrogens is 391 g/mol. The van der Waals surface area contributed by atoms with Gasteiger partial charge in [0.2, 0.25) is 11.7 Å². The molecule has 3 aromatic rings. The van der Waals surface area contributed by atoms with E-state index in [9.17, 15) is 9.18 Å². The number of aryl methyl sites for hydroxylation is 1. The van der Waals surface area contributed by atoms with Crippen molar-refractivity contribution in [2.45, 2.75) is 25.8 Å². The fraction of sp³-hybridized carbons (Fsp3) is 0.222. The van der Waals surface area contributed by atoms with E-state index in [2.05, 4.69) is 15.1 Å². The summed E-state index contributed by atoms with van der Waals surface area (Å²) in [7, 11) is 0. The lowest BCUT2D eigenvalue weighted by molar-refractivity contribution is -0.137. The highest BCUT2D eigenvalue weighted by molar-refractivity contribution is 6.30. The molecule has 0 aliphatic heterocycles. The van der Waals surface area contributed by atoms with E-state index in [1.54, 1.807) is 25.1 Å². The van der Waals surface area contributed by atoms with E-state index in [1.165, 1.54) is 6.20 Å². The minimum Gasteiger partial charge on any atom is -0.481 e. The second-order valence-corrected chi connectivity index (χ2v) is 6.53. The number of halogens is 2. The molecule has 2 aromatic heterocycles. The van der Waals surface area contributed by atoms with Crippen molar-refractivity contribution in [3.63, 3.8) is 0 Å². The molecule has 0 spiro atoms. The molecule has 0 amide bonds. The van der Waals surface area contributed by atoms with Gasteiger partial charge in [-0.2, -0.15) is 4.98 Å². The lowest BCUT2D eigenvalue weighted by atomic mass is 10.1. The molecule has 146 valence electrons. The molecule has 3 rings (SSSR count). The minimum absolute atomic E-state index is 0.154. The third-order valence-electron chi connectivity index (χ3n) is 3.77. The Kier molecular flexibility index (Phi) is 5.86. The predicted molar refractivity (Wildman–Crippen MR) is 97.7 cm³/mol. The Morgan fingerprint density at radius 1 is 1.43 bits per heavy atom. The number of carboxylic acid groups (broad SMARTS) is 1. The number of ether oxygens (including phenoxy) is 1. The van der Waals surface area contributed by atoms with Gasteiger partial charge in [0.05, 0.1) is 11.4 Å². The van der Waals surface area contributed by atoms with Crippen LogP contribution in [0.3, 0.4) is 0 Å². The normalized spacial score (nSPS) is 12.0. The summed E-state index contributed by atoms with van der Waals surface area (Å²) >= 11 is 5.67. The summed E-state index contributed by atoms with van der Waals surface area (Å²) in [6.07, 6.45) is 1.25. The summed E-state index contributed by atoms with van der Waals surface area (Å²) in [4.78, 5) is 18.7. The molecule has 28 heavy (non-hydrogen) atoms. The maximum atomic E-state index is 13.8. The first-order valence-electron chi connectivity index (χ1n) is 8.21. The Bertz CT molecular complexity index is 1010. The number of aliphatic carboxylic acids is 1. The van der Waals surface area contributed by atoms with E-state index in [0.717, 1.165) is 11.6 Å². The van der Waals surface area contributed by atoms with Gasteiger partial charge in [0.1, 0.15) is 5.75 Å². The SMILES string of the molecule is Cc1cc(Oc2ncc(Cl)cc2F)ccc1-c1noc(CC(N)CC(=O)O)n1. The van der Waals surface area contributed by atoms with Crippen molar-refractivity contribution in [2.24, 2.45) is 5.73 Å². The van der Waals surface area contributed by atoms with Crippen LogP contribution in [-0.2, 0) is 11.2 Å². The fourth-order valence-corrected chi connectivity index (χ4v) is 2.65. The fourth-order valence-electron chi connectivity index (χ4n) is 2.51. The van der Waals surface area contributed by atoms with Gasteiger partial charge in [0.15, 0.2) is 5.82 Å². The van der Waals surface area contributed by atoms with Crippen LogP contribution in [0.1, 0.15) is 17.9 Å². The highest BCUT2D eigenvalue weighted by atomic mass is 35.5. The molecule has 0 aliphatic carbocycles. The van der Waals surface area contributed by atoms with Crippen LogP contribution in [0.25, 0.3) is 11.4 Å². The van der Waals surface area contributed by atoms with Gasteiger partial charge in [-0.05, 0) is 36.8 Å². The van der Waals surface area contributed by atoms with Gasteiger partial charge in [-0.25, -0.2) is 9.37 Å². The molecule has 0 saturated carbocycles. The van der Waals surface area contributed by atoms with E-state index in [4.69, 9.17) is 31.7 Å². The molecule has 8 nitrogen and oxygen atoms in total. The minimum atomic E-state index is -0.995. The second kappa shape index (κ2) is 8.32. The summed E-state index contributed by atoms with van der Waals surface area (Å²) in [6, 6.07) is 5.48. The van der Waals surface area contributed by atoms with Crippen LogP contribution in [0, 0.1) is 12.7 Å². The number of pyridine rings is 1. The molecular formula is C18H16ClFN4O4. The number of hydrogen-bond acceptors (Lipinski definition) is 7. The zero-order chi connectivity index (χ0) is 20.3. The van der Waals surface area contributed by atoms with Crippen LogP contribution < -0.4 is 10.5 Å². The largest absolute Gasteiger partial charge is 0.481 e. The lowest BCUT2D eigenvalue weighted by Crippen LogP contribution is -2.26. The average Bonchev–Trinajstić information content (AvgIpc) is 3.04. The molecule has 1 unspecified atom stereocenters. The van der Waals surface area contributed by atoms with E-state index >= 15 is 0 Å². The number of aromatic nitrogens is 3. The Labute approximate surface area is 164 Å². The van der Waals surface area contributed by atoms with Crippen LogP contribution in [0.5, 0.6) is 11.6 Å². The van der Waals surface area contributed by atoms with Crippen molar-refractivity contribution in [3.8, 4) is 23.0 Å². The van der Waals surface area contributed by atoms with E-state index in [-0.39, 0.29) is 29.6 Å². The quantitative estimate of drug-likeness (QED) is 0.611. The Morgan fingerprint density at radius 2 is 2.21 bits per heavy atom. The summed E-state index contributed by atoms with van der Waals surface area (Å²) in [5, 5.41) is 12.8. The number of carbonyl (C=O) groups is 1. The molecule has 0 fully saturated rings. The number of carboxylic acids is 1. The predicted octanol–water partition coefficient (Wildman–Crippen LogP) is 3.37. The highest BCUT2D eigenvalue weighted by Crippen LogP contribution is 2.29. The van der Waals surface area contributed by atoms with Crippen LogP contribution in [0.15, 0.2) is 35.0 Å². The van der Waals surface area contributed by atoms with Crippen molar-refractivity contribution in [2.75, 3.05) is 0 Å². The smallest absolute Gasteiger partial charge is 0.304 e. The molecule has 10 heteroatoms. The van der Waals surface area contributed by atoms with E-state index < -0.39 is 17.8 Å². The molecule has 1 aromatic carbocycles. The van der Waals surface area contributed by atoms with Crippen molar-refractivity contribution in [1.82, 2.24) is 15.1 Å². The van der Waals surface area contributed by atoms with Gasteiger partial charge in [-0.15, -0.1) is 0 Å². The monoisotopic (exact) mass is 406 g/mol. The van der Waals surface area contributed by atoms with Gasteiger partial charge < -0.3 is 20.1 Å². The van der Waals surface area contributed by atoms with Crippen LogP contribution in [0.2, 0.25) is 5.02 Å². The third-order valence-corrected chi connectivity index (χ3v) is 3.98. The Morgan fingerprint density at radius 3 is 2.89 bits per heavy atom. The molecule has 0 aliphatic rings. The first kappa shape index (κ1) is 19.7. The van der Waals surface area contributed by atoms with Crippen molar-refractivity contribution in [3.05, 3.63) is 52.8 Å². The first-order valence-corrected chi connectivity index (χ1v) is 8.59.